The molecule has 2 nitrogen and oxygen atoms in total. The van der Waals surface area contributed by atoms with Crippen LogP contribution in [0.25, 0.3) is 12.2 Å². The van der Waals surface area contributed by atoms with Crippen molar-refractivity contribution in [1.82, 2.24) is 0 Å². The molecule has 0 unspecified atom stereocenters. The molecule has 0 atom stereocenters. The predicted octanol–water partition coefficient (Wildman–Crippen LogP) is 1.63. The Morgan fingerprint density at radius 2 is 1.36 bits per heavy atom. The molecule has 0 N–H and O–H groups in total. The number of hydrogen-bond acceptors (Lipinski definition) is 2. The molecular formula is C10H12N2S2+2. The lowest BCUT2D eigenvalue weighted by Crippen LogP contribution is -2.28. The fourth-order valence-corrected chi connectivity index (χ4v) is 2.67. The summed E-state index contributed by atoms with van der Waals surface area (Å²) in [5, 5.41) is 6.71. The number of aromatic nitrogens is 2. The summed E-state index contributed by atoms with van der Waals surface area (Å²) in [6.45, 7) is 0. The summed E-state index contributed by atoms with van der Waals surface area (Å²) in [5.41, 5.74) is 0. The zero-order chi connectivity index (χ0) is 9.97. The fourth-order valence-electron chi connectivity index (χ4n) is 1.15. The summed E-state index contributed by atoms with van der Waals surface area (Å²) in [5.74, 6) is 0. The molecule has 0 bridgehead atoms. The van der Waals surface area contributed by atoms with Gasteiger partial charge in [0.05, 0.1) is 10.8 Å². The van der Waals surface area contributed by atoms with Gasteiger partial charge in [0.15, 0.2) is 12.4 Å². The van der Waals surface area contributed by atoms with Crippen LogP contribution in [0.15, 0.2) is 23.2 Å². The van der Waals surface area contributed by atoms with Crippen molar-refractivity contribution < 1.29 is 9.13 Å². The Labute approximate surface area is 91.4 Å². The largest absolute Gasteiger partial charge is 0.261 e. The van der Waals surface area contributed by atoms with Gasteiger partial charge in [-0.3, -0.25) is 0 Å². The molecule has 2 rings (SSSR count). The van der Waals surface area contributed by atoms with E-state index in [4.69, 9.17) is 0 Å². The van der Waals surface area contributed by atoms with Crippen molar-refractivity contribution >= 4 is 34.8 Å². The molecule has 2 aromatic heterocycles. The molecule has 0 amide bonds. The van der Waals surface area contributed by atoms with Gasteiger partial charge in [-0.15, -0.1) is 0 Å². The van der Waals surface area contributed by atoms with Crippen LogP contribution in [0.1, 0.15) is 10.0 Å². The van der Waals surface area contributed by atoms with Crippen LogP contribution in [-0.2, 0) is 14.1 Å². The second-order valence-electron chi connectivity index (χ2n) is 3.04. The number of rotatable bonds is 2. The molecule has 4 heteroatoms. The third-order valence-electron chi connectivity index (χ3n) is 2.01. The summed E-state index contributed by atoms with van der Waals surface area (Å²) in [6, 6.07) is 0. The van der Waals surface area contributed by atoms with Crippen LogP contribution in [0.3, 0.4) is 0 Å². The van der Waals surface area contributed by atoms with E-state index >= 15 is 0 Å². The Kier molecular flexibility index (Phi) is 2.74. The molecule has 0 aliphatic carbocycles. The molecule has 0 aliphatic rings. The van der Waals surface area contributed by atoms with Crippen LogP contribution < -0.4 is 9.13 Å². The maximum absolute atomic E-state index is 2.15. The van der Waals surface area contributed by atoms with E-state index in [0.717, 1.165) is 0 Å². The zero-order valence-electron chi connectivity index (χ0n) is 8.18. The van der Waals surface area contributed by atoms with Gasteiger partial charge in [-0.05, 0) is 0 Å². The van der Waals surface area contributed by atoms with Gasteiger partial charge in [0, 0.05) is 12.2 Å². The molecule has 72 valence electrons. The maximum Gasteiger partial charge on any atom is 0.261 e. The molecule has 14 heavy (non-hydrogen) atoms. The van der Waals surface area contributed by atoms with Gasteiger partial charge in [-0.1, -0.05) is 22.7 Å². The van der Waals surface area contributed by atoms with Crippen LogP contribution in [0, 0.1) is 0 Å². The second-order valence-corrected chi connectivity index (χ2v) is 4.89. The second kappa shape index (κ2) is 4.02. The van der Waals surface area contributed by atoms with Crippen molar-refractivity contribution in [3.05, 3.63) is 33.2 Å². The van der Waals surface area contributed by atoms with E-state index in [1.165, 1.54) is 10.0 Å². The number of thiazole rings is 2. The quantitative estimate of drug-likeness (QED) is 0.685. The van der Waals surface area contributed by atoms with Gasteiger partial charge < -0.3 is 0 Å². The minimum Gasteiger partial charge on any atom is -0.192 e. The summed E-state index contributed by atoms with van der Waals surface area (Å²) in [6.07, 6.45) is 8.44. The molecule has 0 saturated carbocycles. The Hall–Kier alpha value is -1.00. The zero-order valence-corrected chi connectivity index (χ0v) is 9.81. The molecule has 0 aliphatic heterocycles. The van der Waals surface area contributed by atoms with Crippen LogP contribution in [0.4, 0.5) is 0 Å². The number of nitrogens with zero attached hydrogens (tertiary/aromatic N) is 2. The highest BCUT2D eigenvalue weighted by molar-refractivity contribution is 7.10. The Morgan fingerprint density at radius 1 is 0.929 bits per heavy atom. The van der Waals surface area contributed by atoms with Crippen LogP contribution >= 0.6 is 22.7 Å². The Morgan fingerprint density at radius 3 is 1.64 bits per heavy atom. The van der Waals surface area contributed by atoms with E-state index in [1.54, 1.807) is 22.7 Å². The lowest BCUT2D eigenvalue weighted by atomic mass is 10.5. The molecule has 0 saturated heterocycles. The molecule has 0 radical (unpaired) electrons. The minimum absolute atomic E-state index is 1.26. The summed E-state index contributed by atoms with van der Waals surface area (Å²) in [4.78, 5) is 0. The third kappa shape index (κ3) is 1.91. The smallest absolute Gasteiger partial charge is 0.192 e. The minimum atomic E-state index is 1.26. The van der Waals surface area contributed by atoms with Gasteiger partial charge >= 0.3 is 0 Å². The molecule has 0 spiro atoms. The molecule has 2 aromatic rings. The van der Waals surface area contributed by atoms with Crippen molar-refractivity contribution in [2.45, 2.75) is 0 Å². The standard InChI is InChI=1S/C10H12N2S2/c1-11-5-7-13-9(11)3-4-10-12(2)6-8-14-10/h3-8H,1-2H3/q+2/b4-3+. The van der Waals surface area contributed by atoms with Gasteiger partial charge in [0.1, 0.15) is 14.1 Å². The fraction of sp³-hybridized carbons (Fsp3) is 0.200. The van der Waals surface area contributed by atoms with Crippen molar-refractivity contribution in [3.63, 3.8) is 0 Å². The number of aryl methyl sites for hydroxylation is 2. The average Bonchev–Trinajstić information content (AvgIpc) is 2.72. The topological polar surface area (TPSA) is 7.76 Å². The molecular weight excluding hydrogens is 212 g/mol. The summed E-state index contributed by atoms with van der Waals surface area (Å²) in [7, 11) is 4.12. The van der Waals surface area contributed by atoms with E-state index in [1.807, 2.05) is 0 Å². The monoisotopic (exact) mass is 224 g/mol. The summed E-state index contributed by atoms with van der Waals surface area (Å²) < 4.78 is 4.24. The van der Waals surface area contributed by atoms with E-state index in [9.17, 15) is 0 Å². The van der Waals surface area contributed by atoms with Crippen LogP contribution in [0.2, 0.25) is 0 Å². The maximum atomic E-state index is 2.15. The first kappa shape index (κ1) is 9.55. The summed E-state index contributed by atoms with van der Waals surface area (Å²) >= 11 is 3.50. The molecule has 2 heterocycles. The van der Waals surface area contributed by atoms with Crippen molar-refractivity contribution in [2.24, 2.45) is 14.1 Å². The van der Waals surface area contributed by atoms with Gasteiger partial charge in [0.25, 0.3) is 10.0 Å². The normalized spacial score (nSPS) is 11.3. The number of hydrogen-bond donors (Lipinski definition) is 0. The van der Waals surface area contributed by atoms with Gasteiger partial charge in [0.2, 0.25) is 0 Å². The van der Waals surface area contributed by atoms with Crippen molar-refractivity contribution in [3.8, 4) is 0 Å². The highest BCUT2D eigenvalue weighted by atomic mass is 32.1. The Bertz CT molecular complexity index is 412. The molecule has 0 aromatic carbocycles. The first-order valence-corrected chi connectivity index (χ1v) is 6.07. The van der Waals surface area contributed by atoms with Crippen LogP contribution in [0.5, 0.6) is 0 Å². The van der Waals surface area contributed by atoms with E-state index in [2.05, 4.69) is 58.5 Å². The SMILES string of the molecule is C[n+]1ccsc1/C=C/c1scc[n+]1C. The average molecular weight is 224 g/mol. The van der Waals surface area contributed by atoms with Crippen LogP contribution in [-0.4, -0.2) is 0 Å². The van der Waals surface area contributed by atoms with E-state index in [-0.39, 0.29) is 0 Å². The first-order chi connectivity index (χ1) is 6.77. The third-order valence-corrected chi connectivity index (χ3v) is 3.86. The van der Waals surface area contributed by atoms with Gasteiger partial charge in [-0.2, -0.15) is 9.13 Å². The van der Waals surface area contributed by atoms with Crippen molar-refractivity contribution in [2.75, 3.05) is 0 Å². The lowest BCUT2D eigenvalue weighted by molar-refractivity contribution is -0.669. The van der Waals surface area contributed by atoms with E-state index < -0.39 is 0 Å². The Balaban J connectivity index is 2.23. The first-order valence-electron chi connectivity index (χ1n) is 4.32. The highest BCUT2D eigenvalue weighted by Crippen LogP contribution is 2.09. The lowest BCUT2D eigenvalue weighted by Gasteiger charge is -1.83. The van der Waals surface area contributed by atoms with Gasteiger partial charge in [-0.25, -0.2) is 0 Å². The predicted molar refractivity (Wildman–Crippen MR) is 59.9 cm³/mol. The highest BCUT2D eigenvalue weighted by Gasteiger charge is 2.06. The van der Waals surface area contributed by atoms with Crippen molar-refractivity contribution in [1.29, 1.82) is 0 Å². The van der Waals surface area contributed by atoms with E-state index in [0.29, 0.717) is 0 Å². The molecule has 0 fully saturated rings.